The van der Waals surface area contributed by atoms with Crippen LogP contribution in [0.25, 0.3) is 0 Å². The number of nitrogens with zero attached hydrogens (tertiary/aromatic N) is 1. The molecule has 1 fully saturated rings. The van der Waals surface area contributed by atoms with Crippen molar-refractivity contribution >= 4 is 39.8 Å². The lowest BCUT2D eigenvalue weighted by Crippen LogP contribution is -2.55. The van der Waals surface area contributed by atoms with E-state index in [9.17, 15) is 9.59 Å². The molecule has 3 aromatic rings. The van der Waals surface area contributed by atoms with Gasteiger partial charge in [0, 0.05) is 28.8 Å². The third kappa shape index (κ3) is 5.97. The van der Waals surface area contributed by atoms with Crippen molar-refractivity contribution in [2.75, 3.05) is 13.7 Å². The van der Waals surface area contributed by atoms with Crippen molar-refractivity contribution in [3.63, 3.8) is 0 Å². The smallest absolute Gasteiger partial charge is 0.411 e. The molecule has 0 radical (unpaired) electrons. The minimum absolute atomic E-state index is 0.125. The van der Waals surface area contributed by atoms with Gasteiger partial charge in [-0.25, -0.2) is 9.59 Å². The molecule has 1 aliphatic heterocycles. The largest absolute Gasteiger partial charge is 0.467 e. The number of halogens is 1. The highest BCUT2D eigenvalue weighted by Gasteiger charge is 2.53. The molecular formula is C28H26BrNO4S. The fourth-order valence-electron chi connectivity index (χ4n) is 4.21. The summed E-state index contributed by atoms with van der Waals surface area (Å²) in [5, 5.41) is 2.03. The zero-order valence-corrected chi connectivity index (χ0v) is 21.8. The molecule has 3 aromatic carbocycles. The minimum Gasteiger partial charge on any atom is -0.467 e. The number of carbonyl (C=O) groups excluding carboxylic acids is 2. The Kier molecular flexibility index (Phi) is 8.31. The quantitative estimate of drug-likeness (QED) is 0.244. The summed E-state index contributed by atoms with van der Waals surface area (Å²) >= 11 is 5.16. The van der Waals surface area contributed by atoms with Crippen molar-refractivity contribution in [3.8, 4) is 0 Å². The zero-order valence-electron chi connectivity index (χ0n) is 19.4. The van der Waals surface area contributed by atoms with Gasteiger partial charge in [0.05, 0.1) is 7.11 Å². The number of methoxy groups -OCH3 is 1. The molecule has 0 aromatic heterocycles. The lowest BCUT2D eigenvalue weighted by molar-refractivity contribution is -0.152. The van der Waals surface area contributed by atoms with Crippen LogP contribution >= 0.6 is 27.7 Å². The molecule has 1 atom stereocenters. The average molecular weight is 552 g/mol. The summed E-state index contributed by atoms with van der Waals surface area (Å²) in [6.45, 7) is 0.410. The molecule has 180 valence electrons. The van der Waals surface area contributed by atoms with E-state index in [1.807, 2.05) is 90.3 Å². The van der Waals surface area contributed by atoms with E-state index >= 15 is 0 Å². The van der Waals surface area contributed by atoms with Gasteiger partial charge >= 0.3 is 12.1 Å². The molecule has 0 N–H and O–H groups in total. The summed E-state index contributed by atoms with van der Waals surface area (Å²) in [5.74, 6) is -0.460. The van der Waals surface area contributed by atoms with Gasteiger partial charge in [-0.15, -0.1) is 0 Å². The fraction of sp³-hybridized carbons (Fsp3) is 0.214. The second-order valence-corrected chi connectivity index (χ2v) is 10.1. The first-order chi connectivity index (χ1) is 17.0. The number of amides is 1. The highest BCUT2D eigenvalue weighted by Crippen LogP contribution is 2.40. The first-order valence-electron chi connectivity index (χ1n) is 11.2. The number of esters is 1. The normalized spacial score (nSPS) is 18.5. The predicted molar refractivity (Wildman–Crippen MR) is 141 cm³/mol. The van der Waals surface area contributed by atoms with Crippen molar-refractivity contribution in [2.45, 2.75) is 29.9 Å². The second-order valence-electron chi connectivity index (χ2n) is 8.30. The van der Waals surface area contributed by atoms with Crippen LogP contribution in [0.3, 0.4) is 0 Å². The van der Waals surface area contributed by atoms with Gasteiger partial charge in [-0.1, -0.05) is 94.4 Å². The molecule has 1 heterocycles. The molecule has 5 nitrogen and oxygen atoms in total. The number of hydrogen-bond donors (Lipinski definition) is 0. The standard InChI is InChI=1S/C28H26BrNO4S/c1-33-26(31)28(17-23-12-8-9-15-25(23)29)16-22(20-35-24-13-6-3-7-14-24)18-30(28)27(32)34-19-21-10-4-2-5-11-21/h2-15,20H,16-19H2,1H3/b22-20-/t28-/m0/s1. The maximum absolute atomic E-state index is 13.4. The topological polar surface area (TPSA) is 55.8 Å². The van der Waals surface area contributed by atoms with Crippen LogP contribution in [0.1, 0.15) is 17.5 Å². The van der Waals surface area contributed by atoms with Crippen molar-refractivity contribution in [2.24, 2.45) is 0 Å². The average Bonchev–Trinajstić information content (AvgIpc) is 3.27. The van der Waals surface area contributed by atoms with Crippen LogP contribution in [0.15, 0.2) is 105 Å². The van der Waals surface area contributed by atoms with Gasteiger partial charge < -0.3 is 9.47 Å². The van der Waals surface area contributed by atoms with Crippen LogP contribution in [0.5, 0.6) is 0 Å². The Morgan fingerprint density at radius 2 is 1.66 bits per heavy atom. The summed E-state index contributed by atoms with van der Waals surface area (Å²) in [4.78, 5) is 29.3. The highest BCUT2D eigenvalue weighted by atomic mass is 79.9. The van der Waals surface area contributed by atoms with E-state index < -0.39 is 17.6 Å². The number of benzene rings is 3. The minimum atomic E-state index is -1.21. The molecule has 1 aliphatic rings. The first-order valence-corrected chi connectivity index (χ1v) is 12.9. The maximum atomic E-state index is 13.4. The molecule has 35 heavy (non-hydrogen) atoms. The second kappa shape index (κ2) is 11.6. The first kappa shape index (κ1) is 25.1. The van der Waals surface area contributed by atoms with Crippen LogP contribution in [0.4, 0.5) is 4.79 Å². The van der Waals surface area contributed by atoms with Crippen LogP contribution < -0.4 is 0 Å². The van der Waals surface area contributed by atoms with Gasteiger partial charge in [-0.3, -0.25) is 4.90 Å². The number of thioether (sulfide) groups is 1. The van der Waals surface area contributed by atoms with E-state index in [2.05, 4.69) is 15.9 Å². The van der Waals surface area contributed by atoms with E-state index in [0.717, 1.165) is 26.1 Å². The van der Waals surface area contributed by atoms with E-state index in [1.165, 1.54) is 12.0 Å². The molecule has 1 amide bonds. The van der Waals surface area contributed by atoms with Gasteiger partial charge in [0.2, 0.25) is 0 Å². The van der Waals surface area contributed by atoms with E-state index in [1.54, 1.807) is 11.8 Å². The van der Waals surface area contributed by atoms with Crippen molar-refractivity contribution in [3.05, 3.63) is 112 Å². The molecule has 0 aliphatic carbocycles. The molecule has 0 bridgehead atoms. The lowest BCUT2D eigenvalue weighted by atomic mass is 9.87. The van der Waals surface area contributed by atoms with Crippen molar-refractivity contribution < 1.29 is 19.1 Å². The Morgan fingerprint density at radius 3 is 2.34 bits per heavy atom. The van der Waals surface area contributed by atoms with Gasteiger partial charge in [-0.05, 0) is 40.3 Å². The van der Waals surface area contributed by atoms with Gasteiger partial charge in [0.1, 0.15) is 6.61 Å². The maximum Gasteiger partial charge on any atom is 0.411 e. The predicted octanol–water partition coefficient (Wildman–Crippen LogP) is 6.62. The Labute approximate surface area is 218 Å². The Hall–Kier alpha value is -3.03. The van der Waals surface area contributed by atoms with Gasteiger partial charge in [0.25, 0.3) is 0 Å². The lowest BCUT2D eigenvalue weighted by Gasteiger charge is -2.35. The van der Waals surface area contributed by atoms with Crippen molar-refractivity contribution in [1.82, 2.24) is 4.90 Å². The summed E-state index contributed by atoms with van der Waals surface area (Å²) < 4.78 is 11.8. The summed E-state index contributed by atoms with van der Waals surface area (Å²) in [6, 6.07) is 27.2. The van der Waals surface area contributed by atoms with Crippen LogP contribution in [-0.2, 0) is 27.3 Å². The van der Waals surface area contributed by atoms with Crippen LogP contribution in [-0.4, -0.2) is 36.2 Å². The van der Waals surface area contributed by atoms with Crippen LogP contribution in [0.2, 0.25) is 0 Å². The molecule has 0 unspecified atom stereocenters. The molecule has 0 spiro atoms. The zero-order chi connectivity index (χ0) is 24.7. The highest BCUT2D eigenvalue weighted by molar-refractivity contribution is 9.10. The Bertz CT molecular complexity index is 1200. The number of likely N-dealkylation sites (tertiary alicyclic amines) is 1. The summed E-state index contributed by atoms with van der Waals surface area (Å²) in [7, 11) is 1.36. The van der Waals surface area contributed by atoms with Gasteiger partial charge in [-0.2, -0.15) is 0 Å². The van der Waals surface area contributed by atoms with E-state index in [0.29, 0.717) is 12.8 Å². The number of rotatable bonds is 7. The van der Waals surface area contributed by atoms with Crippen molar-refractivity contribution in [1.29, 1.82) is 0 Å². The Morgan fingerprint density at radius 1 is 1.00 bits per heavy atom. The van der Waals surface area contributed by atoms with E-state index in [4.69, 9.17) is 9.47 Å². The third-order valence-corrected chi connectivity index (χ3v) is 7.70. The van der Waals surface area contributed by atoms with Gasteiger partial charge in [0.15, 0.2) is 5.54 Å². The number of hydrogen-bond acceptors (Lipinski definition) is 5. The molecule has 4 rings (SSSR count). The summed E-state index contributed by atoms with van der Waals surface area (Å²) in [5.41, 5.74) is 1.55. The van der Waals surface area contributed by atoms with E-state index in [-0.39, 0.29) is 13.2 Å². The molecule has 0 saturated carbocycles. The molecule has 7 heteroatoms. The Balaban J connectivity index is 1.65. The number of ether oxygens (including phenoxy) is 2. The molecular weight excluding hydrogens is 526 g/mol. The van der Waals surface area contributed by atoms with Crippen LogP contribution in [0, 0.1) is 0 Å². The summed E-state index contributed by atoms with van der Waals surface area (Å²) in [6.07, 6.45) is 0.121. The number of carbonyl (C=O) groups is 2. The third-order valence-electron chi connectivity index (χ3n) is 5.93. The molecule has 1 saturated heterocycles. The fourth-order valence-corrected chi connectivity index (χ4v) is 5.41. The SMILES string of the molecule is COC(=O)[C@@]1(Cc2ccccc2Br)C/C(=C/Sc2ccccc2)CN1C(=O)OCc1ccccc1. The monoisotopic (exact) mass is 551 g/mol.